The van der Waals surface area contributed by atoms with Gasteiger partial charge in [-0.25, -0.2) is 0 Å². The Kier molecular flexibility index (Phi) is 3.53. The zero-order chi connectivity index (χ0) is 13.0. The summed E-state index contributed by atoms with van der Waals surface area (Å²) in [6, 6.07) is 4.99. The fraction of sp³-hybridized carbons (Fsp3) is 0.0667. The van der Waals surface area contributed by atoms with Crippen LogP contribution in [0, 0.1) is 0 Å². The smallest absolute Gasteiger partial charge is 0.161 e. The number of hydrogen-bond acceptors (Lipinski definition) is 3. The second-order valence-electron chi connectivity index (χ2n) is 3.82. The fourth-order valence-corrected chi connectivity index (χ4v) is 1.61. The van der Waals surface area contributed by atoms with E-state index in [0.29, 0.717) is 5.75 Å². The maximum atomic E-state index is 9.80. The standard InChI is InChI=1S/C15H14O3/c1-18-15-10-11(7-9-14(15)17)6-8-13(16)12-4-2-3-5-12/h2-10,16-17H,1H3. The van der Waals surface area contributed by atoms with E-state index in [-0.39, 0.29) is 11.5 Å². The van der Waals surface area contributed by atoms with Crippen molar-refractivity contribution in [1.29, 1.82) is 0 Å². The molecule has 1 aliphatic carbocycles. The molecule has 1 aliphatic rings. The average molecular weight is 242 g/mol. The summed E-state index contributed by atoms with van der Waals surface area (Å²) in [4.78, 5) is 0. The number of hydrogen-bond donors (Lipinski definition) is 2. The van der Waals surface area contributed by atoms with Gasteiger partial charge < -0.3 is 14.9 Å². The molecule has 0 saturated carbocycles. The highest BCUT2D eigenvalue weighted by atomic mass is 16.5. The molecule has 18 heavy (non-hydrogen) atoms. The molecule has 2 rings (SSSR count). The highest BCUT2D eigenvalue weighted by molar-refractivity contribution is 5.58. The molecule has 2 N–H and O–H groups in total. The van der Waals surface area contributed by atoms with Crippen molar-refractivity contribution >= 4 is 6.08 Å². The second kappa shape index (κ2) is 5.27. The number of aliphatic hydroxyl groups is 1. The number of allylic oxidation sites excluding steroid dienone is 6. The molecule has 0 atom stereocenters. The van der Waals surface area contributed by atoms with Gasteiger partial charge in [0.05, 0.1) is 7.11 Å². The zero-order valence-corrected chi connectivity index (χ0v) is 10.00. The van der Waals surface area contributed by atoms with Gasteiger partial charge in [-0.1, -0.05) is 36.4 Å². The van der Waals surface area contributed by atoms with E-state index in [1.165, 1.54) is 7.11 Å². The van der Waals surface area contributed by atoms with Crippen LogP contribution in [0.1, 0.15) is 5.56 Å². The van der Waals surface area contributed by atoms with Crippen LogP contribution in [0.2, 0.25) is 0 Å². The number of ether oxygens (including phenoxy) is 1. The molecule has 3 nitrogen and oxygen atoms in total. The second-order valence-corrected chi connectivity index (χ2v) is 3.82. The van der Waals surface area contributed by atoms with E-state index in [2.05, 4.69) is 0 Å². The minimum atomic E-state index is 0.0962. The molecule has 92 valence electrons. The van der Waals surface area contributed by atoms with Gasteiger partial charge in [-0.3, -0.25) is 0 Å². The van der Waals surface area contributed by atoms with Crippen LogP contribution in [0.4, 0.5) is 0 Å². The average Bonchev–Trinajstić information content (AvgIpc) is 2.91. The third kappa shape index (κ3) is 2.63. The molecular weight excluding hydrogens is 228 g/mol. The molecule has 0 aromatic heterocycles. The first-order chi connectivity index (χ1) is 8.70. The number of rotatable bonds is 3. The number of phenols is 1. The summed E-state index contributed by atoms with van der Waals surface area (Å²) < 4.78 is 5.01. The monoisotopic (exact) mass is 242 g/mol. The van der Waals surface area contributed by atoms with Crippen LogP contribution in [0.3, 0.4) is 0 Å². The molecule has 0 aliphatic heterocycles. The Bertz CT molecular complexity index is 549. The SMILES string of the molecule is COc1cc(C=CC(O)=C2C=CC=C2)ccc1O. The van der Waals surface area contributed by atoms with Gasteiger partial charge in [-0.15, -0.1) is 0 Å². The van der Waals surface area contributed by atoms with E-state index < -0.39 is 0 Å². The van der Waals surface area contributed by atoms with E-state index >= 15 is 0 Å². The summed E-state index contributed by atoms with van der Waals surface area (Å²) >= 11 is 0. The largest absolute Gasteiger partial charge is 0.507 e. The zero-order valence-electron chi connectivity index (χ0n) is 10.00. The number of methoxy groups -OCH3 is 1. The Morgan fingerprint density at radius 2 is 1.94 bits per heavy atom. The van der Waals surface area contributed by atoms with Crippen LogP contribution in [0.5, 0.6) is 11.5 Å². The summed E-state index contributed by atoms with van der Waals surface area (Å²) in [5.74, 6) is 0.705. The van der Waals surface area contributed by atoms with E-state index in [9.17, 15) is 10.2 Å². The van der Waals surface area contributed by atoms with Crippen molar-refractivity contribution in [3.63, 3.8) is 0 Å². The summed E-state index contributed by atoms with van der Waals surface area (Å²) in [5.41, 5.74) is 1.61. The molecule has 1 aromatic carbocycles. The van der Waals surface area contributed by atoms with Crippen LogP contribution in [-0.2, 0) is 0 Å². The third-order valence-electron chi connectivity index (χ3n) is 2.60. The Hall–Kier alpha value is -2.42. The van der Waals surface area contributed by atoms with Crippen LogP contribution in [0.25, 0.3) is 6.08 Å². The maximum absolute atomic E-state index is 9.80. The summed E-state index contributed by atoms with van der Waals surface area (Å²) in [7, 11) is 1.50. The fourth-order valence-electron chi connectivity index (χ4n) is 1.61. The molecule has 0 amide bonds. The van der Waals surface area contributed by atoms with Crippen LogP contribution in [-0.4, -0.2) is 17.3 Å². The van der Waals surface area contributed by atoms with Crippen molar-refractivity contribution in [2.75, 3.05) is 7.11 Å². The number of phenolic OH excluding ortho intramolecular Hbond substituents is 1. The third-order valence-corrected chi connectivity index (χ3v) is 2.60. The lowest BCUT2D eigenvalue weighted by Crippen LogP contribution is -1.85. The molecule has 1 aromatic rings. The quantitative estimate of drug-likeness (QED) is 0.799. The van der Waals surface area contributed by atoms with Crippen LogP contribution < -0.4 is 4.74 Å². The molecule has 0 fully saturated rings. The Morgan fingerprint density at radius 1 is 1.22 bits per heavy atom. The molecule has 0 heterocycles. The van der Waals surface area contributed by atoms with E-state index in [0.717, 1.165) is 11.1 Å². The highest BCUT2D eigenvalue weighted by Gasteiger charge is 2.01. The van der Waals surface area contributed by atoms with Crippen molar-refractivity contribution in [1.82, 2.24) is 0 Å². The van der Waals surface area contributed by atoms with Gasteiger partial charge in [-0.05, 0) is 23.8 Å². The lowest BCUT2D eigenvalue weighted by molar-refractivity contribution is 0.373. The summed E-state index contributed by atoms with van der Waals surface area (Å²) in [6.45, 7) is 0. The predicted molar refractivity (Wildman–Crippen MR) is 71.6 cm³/mol. The molecule has 0 spiro atoms. The summed E-state index contributed by atoms with van der Waals surface area (Å²) in [5, 5.41) is 19.3. The lowest BCUT2D eigenvalue weighted by atomic mass is 10.1. The van der Waals surface area contributed by atoms with Crippen molar-refractivity contribution in [3.05, 3.63) is 65.5 Å². The summed E-state index contributed by atoms with van der Waals surface area (Å²) in [6.07, 6.45) is 10.8. The van der Waals surface area contributed by atoms with E-state index in [1.54, 1.807) is 30.4 Å². The maximum Gasteiger partial charge on any atom is 0.161 e. The Morgan fingerprint density at radius 3 is 2.61 bits per heavy atom. The molecule has 0 saturated heterocycles. The first-order valence-corrected chi connectivity index (χ1v) is 5.54. The van der Waals surface area contributed by atoms with Gasteiger partial charge in [0.2, 0.25) is 0 Å². The van der Waals surface area contributed by atoms with Gasteiger partial charge in [0, 0.05) is 5.57 Å². The molecule has 0 radical (unpaired) electrons. The van der Waals surface area contributed by atoms with Gasteiger partial charge in [0.15, 0.2) is 11.5 Å². The first-order valence-electron chi connectivity index (χ1n) is 5.54. The minimum absolute atomic E-state index is 0.0962. The number of aliphatic hydroxyl groups excluding tert-OH is 1. The van der Waals surface area contributed by atoms with Crippen molar-refractivity contribution in [2.45, 2.75) is 0 Å². The molecule has 0 bridgehead atoms. The van der Waals surface area contributed by atoms with Crippen molar-refractivity contribution < 1.29 is 14.9 Å². The lowest BCUT2D eigenvalue weighted by Gasteiger charge is -2.03. The normalized spacial score (nSPS) is 13.5. The molecule has 0 unspecified atom stereocenters. The number of aromatic hydroxyl groups is 1. The van der Waals surface area contributed by atoms with Gasteiger partial charge in [0.1, 0.15) is 5.76 Å². The van der Waals surface area contributed by atoms with E-state index in [4.69, 9.17) is 4.74 Å². The molecule has 3 heteroatoms. The highest BCUT2D eigenvalue weighted by Crippen LogP contribution is 2.27. The topological polar surface area (TPSA) is 49.7 Å². The van der Waals surface area contributed by atoms with Crippen molar-refractivity contribution in [3.8, 4) is 11.5 Å². The van der Waals surface area contributed by atoms with E-state index in [1.807, 2.05) is 24.3 Å². The predicted octanol–water partition coefficient (Wildman–Crippen LogP) is 3.35. The first kappa shape index (κ1) is 12.0. The van der Waals surface area contributed by atoms with Crippen molar-refractivity contribution in [2.24, 2.45) is 0 Å². The van der Waals surface area contributed by atoms with Crippen LogP contribution >= 0.6 is 0 Å². The van der Waals surface area contributed by atoms with Crippen LogP contribution in [0.15, 0.2) is 59.9 Å². The number of benzene rings is 1. The van der Waals surface area contributed by atoms with Gasteiger partial charge in [-0.2, -0.15) is 0 Å². The van der Waals surface area contributed by atoms with Gasteiger partial charge >= 0.3 is 0 Å². The van der Waals surface area contributed by atoms with Gasteiger partial charge in [0.25, 0.3) is 0 Å². The Labute approximate surface area is 106 Å². The minimum Gasteiger partial charge on any atom is -0.507 e. The Balaban J connectivity index is 2.21. The molecular formula is C15H14O3.